The van der Waals surface area contributed by atoms with Crippen molar-refractivity contribution in [3.05, 3.63) is 0 Å². The molecule has 0 aliphatic carbocycles. The number of rotatable bonds is 0. The molecule has 0 N–H and O–H groups in total. The van der Waals surface area contributed by atoms with Gasteiger partial charge in [-0.25, -0.2) is 0 Å². The van der Waals surface area contributed by atoms with Crippen LogP contribution in [0.5, 0.6) is 0 Å². The summed E-state index contributed by atoms with van der Waals surface area (Å²) in [5.74, 6) is 0. The Balaban J connectivity index is -0.000000000833. The normalized spacial score (nSPS) is 0.600. The summed E-state index contributed by atoms with van der Waals surface area (Å²) in [6.45, 7) is 0. The fourth-order valence-electron chi connectivity index (χ4n) is 0. The molecule has 0 fully saturated rings. The molecule has 0 aromatic heterocycles. The fourth-order valence-corrected chi connectivity index (χ4v) is 0. The van der Waals surface area contributed by atoms with Crippen LogP contribution in [-0.4, -0.2) is 51.0 Å². The van der Waals surface area contributed by atoms with Crippen molar-refractivity contribution in [3.8, 4) is 0 Å². The standard InChI is InChI=1S/Li.O.Pb.Te.Ti.3H/q+1;;;;;;;-1. The van der Waals surface area contributed by atoms with E-state index in [2.05, 4.69) is 0 Å². The molecular weight excluding hydrogens is 406 g/mol. The van der Waals surface area contributed by atoms with E-state index in [1.54, 1.807) is 0 Å². The predicted molar refractivity (Wildman–Crippen MR) is 16.1 cm³/mol. The SMILES string of the molecule is [H-].[Li+].[O]=[Ti].[PbH2].[Te]. The van der Waals surface area contributed by atoms with Gasteiger partial charge in [-0.3, -0.25) is 0 Å². The van der Waals surface area contributed by atoms with E-state index < -0.39 is 0 Å². The van der Waals surface area contributed by atoms with Crippen molar-refractivity contribution in [1.82, 2.24) is 0 Å². The van der Waals surface area contributed by atoms with Gasteiger partial charge in [0.1, 0.15) is 0 Å². The van der Waals surface area contributed by atoms with Crippen LogP contribution >= 0.6 is 0 Å². The van der Waals surface area contributed by atoms with Gasteiger partial charge in [0.15, 0.2) is 0 Å². The second-order valence-electron chi connectivity index (χ2n) is 0. The molecule has 0 saturated carbocycles. The van der Waals surface area contributed by atoms with Crippen LogP contribution in [0.15, 0.2) is 0 Å². The van der Waals surface area contributed by atoms with E-state index in [-0.39, 0.29) is 71.3 Å². The first-order valence-electron chi connectivity index (χ1n) is 0.204. The Bertz CT molecular complexity index is 15.5. The van der Waals surface area contributed by atoms with Crippen LogP contribution in [0.2, 0.25) is 0 Å². The maximum atomic E-state index is 8.25. The quantitative estimate of drug-likeness (QED) is 0.371. The minimum absolute atomic E-state index is 0. The molecule has 0 aromatic carbocycles. The molecule has 0 unspecified atom stereocenters. The van der Waals surface area contributed by atoms with Gasteiger partial charge in [0.05, 0.1) is 0 Å². The van der Waals surface area contributed by atoms with E-state index >= 15 is 0 Å². The molecule has 5 heteroatoms. The second kappa shape index (κ2) is 29.0. The van der Waals surface area contributed by atoms with Gasteiger partial charge < -0.3 is 1.43 Å². The zero-order chi connectivity index (χ0) is 2.00. The molecule has 0 spiro atoms. The van der Waals surface area contributed by atoms with Crippen molar-refractivity contribution in [3.63, 3.8) is 0 Å². The van der Waals surface area contributed by atoms with Gasteiger partial charge >= 0.3 is 69.9 Å². The number of hydrogen-bond donors (Lipinski definition) is 0. The van der Waals surface area contributed by atoms with E-state index in [1.165, 1.54) is 0 Å². The molecule has 0 rings (SSSR count). The first-order chi connectivity index (χ1) is 1.00. The van der Waals surface area contributed by atoms with E-state index in [4.69, 9.17) is 3.32 Å². The number of hydrogen-bond acceptors (Lipinski definition) is 1. The molecule has 0 amide bonds. The average Bonchev–Trinajstić information content (AvgIpc) is 1.00. The minimum atomic E-state index is 0. The van der Waals surface area contributed by atoms with Crippen LogP contribution < -0.4 is 18.9 Å². The summed E-state index contributed by atoms with van der Waals surface area (Å²) in [5.41, 5.74) is 0. The van der Waals surface area contributed by atoms with Crippen molar-refractivity contribution >= 4 is 51.0 Å². The molecule has 0 heterocycles. The molecule has 0 saturated heterocycles. The van der Waals surface area contributed by atoms with Crippen LogP contribution in [-0.2, 0) is 23.7 Å². The second-order valence-corrected chi connectivity index (χ2v) is 0. The molecular formula is H3LiOPbTeTi. The van der Waals surface area contributed by atoms with Crippen LogP contribution in [0.3, 0.4) is 0 Å². The summed E-state index contributed by atoms with van der Waals surface area (Å²) in [5, 5.41) is 0. The van der Waals surface area contributed by atoms with Crippen molar-refractivity contribution in [2.24, 2.45) is 0 Å². The third-order valence-corrected chi connectivity index (χ3v) is 0. The molecule has 0 aliphatic rings. The van der Waals surface area contributed by atoms with Gasteiger partial charge in [-0.2, -0.15) is 0 Å². The van der Waals surface area contributed by atoms with Gasteiger partial charge in [0.2, 0.25) is 0 Å². The molecule has 0 atom stereocenters. The first-order valence-corrected chi connectivity index (χ1v) is 0.842. The monoisotopic (exact) mass is 412 g/mol. The Hall–Kier alpha value is 2.82. The fraction of sp³-hybridized carbons (Fsp3) is 0. The zero-order valence-electron chi connectivity index (χ0n) is 4.02. The van der Waals surface area contributed by atoms with Gasteiger partial charge in [-0.1, -0.05) is 0 Å². The van der Waals surface area contributed by atoms with Gasteiger partial charge in [0, 0.05) is 23.7 Å². The molecule has 4 radical (unpaired) electrons. The molecule has 0 aliphatic heterocycles. The largest absolute Gasteiger partial charge is 0 e. The molecule has 0 bridgehead atoms. The van der Waals surface area contributed by atoms with Gasteiger partial charge in [-0.15, -0.1) is 0 Å². The Labute approximate surface area is 93.3 Å². The predicted octanol–water partition coefficient (Wildman–Crippen LogP) is -4.30. The van der Waals surface area contributed by atoms with E-state index in [9.17, 15) is 0 Å². The first kappa shape index (κ1) is 24.9. The molecule has 5 heavy (non-hydrogen) atoms. The molecule has 24 valence electrons. The summed E-state index contributed by atoms with van der Waals surface area (Å²) >= 11 is 0.750. The van der Waals surface area contributed by atoms with Crippen LogP contribution in [0.25, 0.3) is 0 Å². The Morgan fingerprint density at radius 1 is 1.40 bits per heavy atom. The molecule has 1 nitrogen and oxygen atoms in total. The van der Waals surface area contributed by atoms with Crippen molar-refractivity contribution in [2.45, 2.75) is 0 Å². The van der Waals surface area contributed by atoms with Crippen LogP contribution in [0.1, 0.15) is 1.43 Å². The summed E-state index contributed by atoms with van der Waals surface area (Å²) in [7, 11) is 0. The Morgan fingerprint density at radius 2 is 1.40 bits per heavy atom. The van der Waals surface area contributed by atoms with Crippen LogP contribution in [0.4, 0.5) is 0 Å². The van der Waals surface area contributed by atoms with E-state index in [0.29, 0.717) is 0 Å². The van der Waals surface area contributed by atoms with Crippen molar-refractivity contribution < 1.29 is 44.0 Å². The summed E-state index contributed by atoms with van der Waals surface area (Å²) in [6, 6.07) is 0. The minimum Gasteiger partial charge on any atom is 0 e. The van der Waals surface area contributed by atoms with Gasteiger partial charge in [0.25, 0.3) is 0 Å². The summed E-state index contributed by atoms with van der Waals surface area (Å²) in [6.07, 6.45) is 0. The molecule has 0 aromatic rings. The van der Waals surface area contributed by atoms with Crippen molar-refractivity contribution in [2.75, 3.05) is 0 Å². The zero-order valence-corrected chi connectivity index (χ0v) is 12.4. The van der Waals surface area contributed by atoms with Crippen molar-refractivity contribution in [1.29, 1.82) is 0 Å². The van der Waals surface area contributed by atoms with E-state index in [1.807, 2.05) is 0 Å². The topological polar surface area (TPSA) is 17.1 Å². The average molecular weight is 409 g/mol. The smallest absolute Gasteiger partial charge is 0 e. The third kappa shape index (κ3) is 19.9. The van der Waals surface area contributed by atoms with E-state index in [0.717, 1.165) is 20.4 Å². The Morgan fingerprint density at radius 3 is 1.40 bits per heavy atom. The van der Waals surface area contributed by atoms with Crippen LogP contribution in [0, 0.1) is 0 Å². The van der Waals surface area contributed by atoms with Gasteiger partial charge in [-0.05, 0) is 0 Å². The summed E-state index contributed by atoms with van der Waals surface area (Å²) in [4.78, 5) is 0. The Kier molecular flexibility index (Phi) is 145. The third-order valence-electron chi connectivity index (χ3n) is 0. The maximum Gasteiger partial charge on any atom is 0 e. The summed E-state index contributed by atoms with van der Waals surface area (Å²) < 4.78 is 8.25. The maximum absolute atomic E-state index is 8.25.